The van der Waals surface area contributed by atoms with Crippen LogP contribution in [0, 0.1) is 0 Å². The molecule has 0 N–H and O–H groups in total. The molecule has 2 aromatic rings. The molecule has 0 radical (unpaired) electrons. The lowest BCUT2D eigenvalue weighted by Crippen LogP contribution is -2.43. The first-order valence-electron chi connectivity index (χ1n) is 8.82. The Hall–Kier alpha value is -1.06. The van der Waals surface area contributed by atoms with Crippen LogP contribution in [0.5, 0.6) is 0 Å². The van der Waals surface area contributed by atoms with Crippen LogP contribution in [-0.2, 0) is 13.0 Å². The lowest BCUT2D eigenvalue weighted by atomic mass is 10.0. The van der Waals surface area contributed by atoms with Crippen LogP contribution in [0.4, 0.5) is 0 Å². The fourth-order valence-corrected chi connectivity index (χ4v) is 3.49. The lowest BCUT2D eigenvalue weighted by molar-refractivity contribution is 0.124. The Kier molecular flexibility index (Phi) is 10.1. The fourth-order valence-electron chi connectivity index (χ4n) is 3.49. The summed E-state index contributed by atoms with van der Waals surface area (Å²) in [4.78, 5) is 5.16. The summed E-state index contributed by atoms with van der Waals surface area (Å²) in [6.07, 6.45) is 3.73. The molecule has 1 aliphatic rings. The fraction of sp³-hybridized carbons (Fsp3) is 0.429. The van der Waals surface area contributed by atoms with Gasteiger partial charge in [0, 0.05) is 19.1 Å². The molecule has 1 aliphatic heterocycles. The molecule has 4 heteroatoms. The number of piperidine rings is 1. The summed E-state index contributed by atoms with van der Waals surface area (Å²) in [7, 11) is 2.29. The molecule has 0 aromatic heterocycles. The predicted octanol–water partition coefficient (Wildman–Crippen LogP) is 4.67. The molecular formula is C21H30Cl2N2. The first kappa shape index (κ1) is 22.0. The van der Waals surface area contributed by atoms with E-state index in [-0.39, 0.29) is 24.8 Å². The SMILES string of the molecule is CN(CCc1ccccc1)C1CCN(Cc2ccccc2)CC1.Cl.Cl. The summed E-state index contributed by atoms with van der Waals surface area (Å²) in [6, 6.07) is 22.4. The molecule has 2 nitrogen and oxygen atoms in total. The Bertz CT molecular complexity index is 569. The number of nitrogens with zero attached hydrogens (tertiary/aromatic N) is 2. The maximum absolute atomic E-state index is 2.59. The first-order valence-corrected chi connectivity index (χ1v) is 8.82. The normalized spacial score (nSPS) is 15.4. The van der Waals surface area contributed by atoms with Crippen molar-refractivity contribution < 1.29 is 0 Å². The molecule has 0 unspecified atom stereocenters. The second kappa shape index (κ2) is 11.5. The minimum absolute atomic E-state index is 0. The molecule has 0 amide bonds. The molecule has 25 heavy (non-hydrogen) atoms. The van der Waals surface area contributed by atoms with Crippen LogP contribution in [0.3, 0.4) is 0 Å². The minimum Gasteiger partial charge on any atom is -0.303 e. The zero-order chi connectivity index (χ0) is 15.9. The van der Waals surface area contributed by atoms with Gasteiger partial charge in [-0.2, -0.15) is 0 Å². The third-order valence-electron chi connectivity index (χ3n) is 5.03. The maximum atomic E-state index is 2.59. The van der Waals surface area contributed by atoms with Crippen molar-refractivity contribution >= 4 is 24.8 Å². The second-order valence-corrected chi connectivity index (χ2v) is 6.71. The van der Waals surface area contributed by atoms with Crippen molar-refractivity contribution in [2.45, 2.75) is 31.8 Å². The molecule has 2 aromatic carbocycles. The largest absolute Gasteiger partial charge is 0.303 e. The summed E-state index contributed by atoms with van der Waals surface area (Å²) in [6.45, 7) is 4.69. The third-order valence-corrected chi connectivity index (χ3v) is 5.03. The molecule has 0 bridgehead atoms. The Morgan fingerprint density at radius 2 is 1.36 bits per heavy atom. The quantitative estimate of drug-likeness (QED) is 0.718. The molecule has 1 saturated heterocycles. The molecule has 0 spiro atoms. The average Bonchev–Trinajstić information content (AvgIpc) is 2.62. The van der Waals surface area contributed by atoms with Gasteiger partial charge in [0.2, 0.25) is 0 Å². The first-order chi connectivity index (χ1) is 11.3. The monoisotopic (exact) mass is 380 g/mol. The summed E-state index contributed by atoms with van der Waals surface area (Å²) >= 11 is 0. The van der Waals surface area contributed by atoms with Gasteiger partial charge < -0.3 is 4.90 Å². The van der Waals surface area contributed by atoms with Crippen LogP contribution < -0.4 is 0 Å². The van der Waals surface area contributed by atoms with E-state index >= 15 is 0 Å². The molecule has 1 fully saturated rings. The van der Waals surface area contributed by atoms with Gasteiger partial charge in [-0.15, -0.1) is 24.8 Å². The van der Waals surface area contributed by atoms with E-state index in [9.17, 15) is 0 Å². The number of hydrogen-bond donors (Lipinski definition) is 0. The second-order valence-electron chi connectivity index (χ2n) is 6.71. The van der Waals surface area contributed by atoms with Gasteiger partial charge >= 0.3 is 0 Å². The lowest BCUT2D eigenvalue weighted by Gasteiger charge is -2.36. The minimum atomic E-state index is 0. The van der Waals surface area contributed by atoms with E-state index in [1.165, 1.54) is 37.1 Å². The molecule has 0 saturated carbocycles. The standard InChI is InChI=1S/C21H28N2.2ClH/c1-22(15-12-19-8-4-2-5-9-19)21-13-16-23(17-14-21)18-20-10-6-3-7-11-20;;/h2-11,21H,12-18H2,1H3;2*1H. The van der Waals surface area contributed by atoms with Crippen LogP contribution in [-0.4, -0.2) is 42.5 Å². The van der Waals surface area contributed by atoms with Crippen molar-refractivity contribution in [2.24, 2.45) is 0 Å². The number of halogens is 2. The Morgan fingerprint density at radius 1 is 0.840 bits per heavy atom. The van der Waals surface area contributed by atoms with Gasteiger partial charge in [0.05, 0.1) is 0 Å². The third kappa shape index (κ3) is 6.99. The van der Waals surface area contributed by atoms with Gasteiger partial charge in [-0.1, -0.05) is 60.7 Å². The van der Waals surface area contributed by atoms with Gasteiger partial charge in [-0.25, -0.2) is 0 Å². The number of likely N-dealkylation sites (tertiary alicyclic amines) is 1. The number of hydrogen-bond acceptors (Lipinski definition) is 2. The summed E-state index contributed by atoms with van der Waals surface area (Å²) in [5, 5.41) is 0. The topological polar surface area (TPSA) is 6.48 Å². The van der Waals surface area contributed by atoms with Gasteiger partial charge in [-0.3, -0.25) is 4.90 Å². The molecule has 138 valence electrons. The van der Waals surface area contributed by atoms with Crippen molar-refractivity contribution in [3.05, 3.63) is 71.8 Å². The van der Waals surface area contributed by atoms with Crippen LogP contribution in [0.15, 0.2) is 60.7 Å². The van der Waals surface area contributed by atoms with Crippen molar-refractivity contribution in [2.75, 3.05) is 26.7 Å². The van der Waals surface area contributed by atoms with E-state index in [1.807, 2.05) is 0 Å². The van der Waals surface area contributed by atoms with E-state index in [0.29, 0.717) is 0 Å². The highest BCUT2D eigenvalue weighted by Gasteiger charge is 2.22. The van der Waals surface area contributed by atoms with Crippen LogP contribution in [0.25, 0.3) is 0 Å². The highest BCUT2D eigenvalue weighted by atomic mass is 35.5. The molecule has 3 rings (SSSR count). The van der Waals surface area contributed by atoms with Gasteiger partial charge in [0.25, 0.3) is 0 Å². The molecule has 0 aliphatic carbocycles. The highest BCUT2D eigenvalue weighted by molar-refractivity contribution is 5.85. The van der Waals surface area contributed by atoms with E-state index in [4.69, 9.17) is 0 Å². The van der Waals surface area contributed by atoms with Crippen LogP contribution in [0.1, 0.15) is 24.0 Å². The zero-order valence-corrected chi connectivity index (χ0v) is 16.6. The van der Waals surface area contributed by atoms with E-state index in [0.717, 1.165) is 25.6 Å². The highest BCUT2D eigenvalue weighted by Crippen LogP contribution is 2.18. The Balaban J connectivity index is 0.00000156. The van der Waals surface area contributed by atoms with Crippen molar-refractivity contribution in [1.82, 2.24) is 9.80 Å². The number of rotatable bonds is 6. The van der Waals surface area contributed by atoms with E-state index < -0.39 is 0 Å². The summed E-state index contributed by atoms with van der Waals surface area (Å²) in [5.74, 6) is 0. The number of likely N-dealkylation sites (N-methyl/N-ethyl adjacent to an activating group) is 1. The molecular weight excluding hydrogens is 351 g/mol. The van der Waals surface area contributed by atoms with Crippen LogP contribution in [0.2, 0.25) is 0 Å². The summed E-state index contributed by atoms with van der Waals surface area (Å²) < 4.78 is 0. The van der Waals surface area contributed by atoms with Crippen molar-refractivity contribution in [3.8, 4) is 0 Å². The molecule has 0 atom stereocenters. The van der Waals surface area contributed by atoms with Gasteiger partial charge in [0.15, 0.2) is 0 Å². The Morgan fingerprint density at radius 3 is 1.92 bits per heavy atom. The van der Waals surface area contributed by atoms with Gasteiger partial charge in [0.1, 0.15) is 0 Å². The smallest absolute Gasteiger partial charge is 0.0233 e. The Labute approximate surface area is 165 Å². The van der Waals surface area contributed by atoms with Crippen LogP contribution >= 0.6 is 24.8 Å². The van der Waals surface area contributed by atoms with Crippen molar-refractivity contribution in [1.29, 1.82) is 0 Å². The van der Waals surface area contributed by atoms with Crippen molar-refractivity contribution in [3.63, 3.8) is 0 Å². The van der Waals surface area contributed by atoms with Gasteiger partial charge in [-0.05, 0) is 50.5 Å². The maximum Gasteiger partial charge on any atom is 0.0233 e. The average molecular weight is 381 g/mol. The summed E-state index contributed by atoms with van der Waals surface area (Å²) in [5.41, 5.74) is 2.88. The predicted molar refractivity (Wildman–Crippen MR) is 112 cm³/mol. The van der Waals surface area contributed by atoms with E-state index in [1.54, 1.807) is 0 Å². The van der Waals surface area contributed by atoms with E-state index in [2.05, 4.69) is 77.5 Å². The molecule has 1 heterocycles. The number of benzene rings is 2. The zero-order valence-electron chi connectivity index (χ0n) is 15.0.